The number of rotatable bonds is 5. The Morgan fingerprint density at radius 2 is 2.04 bits per heavy atom. The highest BCUT2D eigenvalue weighted by Gasteiger charge is 2.13. The molecule has 0 radical (unpaired) electrons. The number of carbonyl (C=O) groups is 1. The molecule has 1 aromatic carbocycles. The Bertz CT molecular complexity index is 705. The van der Waals surface area contributed by atoms with E-state index in [2.05, 4.69) is 15.6 Å². The predicted octanol–water partition coefficient (Wildman–Crippen LogP) is 1.82. The van der Waals surface area contributed by atoms with Crippen LogP contribution in [0.4, 0.5) is 4.79 Å². The monoisotopic (exact) mass is 315 g/mol. The topological polar surface area (TPSA) is 81.7 Å². The Kier molecular flexibility index (Phi) is 4.46. The molecule has 0 saturated carbocycles. The smallest absolute Gasteiger partial charge is 0.315 e. The van der Waals surface area contributed by atoms with Gasteiger partial charge < -0.3 is 24.8 Å². The Balaban J connectivity index is 1.50. The minimum Gasteiger partial charge on any atom is -0.481 e. The zero-order chi connectivity index (χ0) is 16.1. The van der Waals surface area contributed by atoms with Crippen LogP contribution in [-0.4, -0.2) is 24.9 Å². The lowest BCUT2D eigenvalue weighted by Crippen LogP contribution is -2.34. The van der Waals surface area contributed by atoms with Gasteiger partial charge in [-0.2, -0.15) is 0 Å². The van der Waals surface area contributed by atoms with Crippen molar-refractivity contribution in [2.24, 2.45) is 0 Å². The zero-order valence-electron chi connectivity index (χ0n) is 12.7. The van der Waals surface area contributed by atoms with E-state index < -0.39 is 0 Å². The van der Waals surface area contributed by atoms with E-state index in [0.29, 0.717) is 24.7 Å². The molecule has 3 rings (SSSR count). The van der Waals surface area contributed by atoms with Crippen molar-refractivity contribution < 1.29 is 19.0 Å². The number of fused-ring (bicyclic) bond motifs is 1. The fourth-order valence-electron chi connectivity index (χ4n) is 2.21. The van der Waals surface area contributed by atoms with E-state index in [0.717, 1.165) is 16.9 Å². The third-order valence-electron chi connectivity index (χ3n) is 3.37. The Morgan fingerprint density at radius 3 is 2.91 bits per heavy atom. The first kappa shape index (κ1) is 15.0. The van der Waals surface area contributed by atoms with Gasteiger partial charge in [-0.05, 0) is 23.8 Å². The van der Waals surface area contributed by atoms with Crippen LogP contribution < -0.4 is 24.8 Å². The largest absolute Gasteiger partial charge is 0.481 e. The number of pyridine rings is 1. The van der Waals surface area contributed by atoms with Crippen molar-refractivity contribution >= 4 is 6.03 Å². The van der Waals surface area contributed by atoms with Gasteiger partial charge in [0.1, 0.15) is 0 Å². The van der Waals surface area contributed by atoms with Crippen LogP contribution in [0.5, 0.6) is 17.4 Å². The summed E-state index contributed by atoms with van der Waals surface area (Å²) in [5.74, 6) is 1.93. The standard InChI is InChI=1S/C16H17N3O4/c1-21-15-12(3-2-6-17-15)9-19-16(20)18-8-11-4-5-13-14(7-11)23-10-22-13/h2-7H,8-10H2,1H3,(H2,18,19,20). The average molecular weight is 315 g/mol. The van der Waals surface area contributed by atoms with Gasteiger partial charge in [-0.25, -0.2) is 9.78 Å². The normalized spacial score (nSPS) is 11.9. The first-order valence-electron chi connectivity index (χ1n) is 7.14. The molecule has 0 saturated heterocycles. The molecule has 1 aliphatic heterocycles. The van der Waals surface area contributed by atoms with Crippen molar-refractivity contribution in [3.8, 4) is 17.4 Å². The van der Waals surface area contributed by atoms with E-state index in [1.54, 1.807) is 19.4 Å². The summed E-state index contributed by atoms with van der Waals surface area (Å²) in [6.45, 7) is 0.969. The van der Waals surface area contributed by atoms with E-state index in [9.17, 15) is 4.79 Å². The molecule has 0 atom stereocenters. The lowest BCUT2D eigenvalue weighted by atomic mass is 10.2. The van der Waals surface area contributed by atoms with Crippen LogP contribution in [-0.2, 0) is 13.1 Å². The number of hydrogen-bond donors (Lipinski definition) is 2. The van der Waals surface area contributed by atoms with Crippen molar-refractivity contribution in [1.82, 2.24) is 15.6 Å². The van der Waals surface area contributed by atoms with E-state index in [-0.39, 0.29) is 12.8 Å². The van der Waals surface area contributed by atoms with Crippen LogP contribution in [0.25, 0.3) is 0 Å². The third kappa shape index (κ3) is 3.63. The number of benzene rings is 1. The van der Waals surface area contributed by atoms with Crippen molar-refractivity contribution in [2.75, 3.05) is 13.9 Å². The number of nitrogens with one attached hydrogen (secondary N) is 2. The molecule has 23 heavy (non-hydrogen) atoms. The molecule has 0 aliphatic carbocycles. The van der Waals surface area contributed by atoms with Crippen LogP contribution in [0.15, 0.2) is 36.5 Å². The van der Waals surface area contributed by atoms with Crippen molar-refractivity contribution in [1.29, 1.82) is 0 Å². The Labute approximate surface area is 133 Å². The maximum Gasteiger partial charge on any atom is 0.315 e. The molecule has 1 aliphatic rings. The average Bonchev–Trinajstić information content (AvgIpc) is 3.06. The van der Waals surface area contributed by atoms with Gasteiger partial charge >= 0.3 is 6.03 Å². The fraction of sp³-hybridized carbons (Fsp3) is 0.250. The predicted molar refractivity (Wildman–Crippen MR) is 82.4 cm³/mol. The highest BCUT2D eigenvalue weighted by atomic mass is 16.7. The van der Waals surface area contributed by atoms with Gasteiger partial charge in [0.2, 0.25) is 12.7 Å². The fourth-order valence-corrected chi connectivity index (χ4v) is 2.21. The van der Waals surface area contributed by atoms with Crippen LogP contribution in [0, 0.1) is 0 Å². The third-order valence-corrected chi connectivity index (χ3v) is 3.37. The highest BCUT2D eigenvalue weighted by Crippen LogP contribution is 2.32. The van der Waals surface area contributed by atoms with E-state index in [1.165, 1.54) is 0 Å². The molecule has 2 amide bonds. The molecule has 2 heterocycles. The SMILES string of the molecule is COc1ncccc1CNC(=O)NCc1ccc2c(c1)OCO2. The van der Waals surface area contributed by atoms with Crippen LogP contribution in [0.1, 0.15) is 11.1 Å². The number of urea groups is 1. The lowest BCUT2D eigenvalue weighted by Gasteiger charge is -2.10. The van der Waals surface area contributed by atoms with Gasteiger partial charge in [0, 0.05) is 24.8 Å². The summed E-state index contributed by atoms with van der Waals surface area (Å²) in [6.07, 6.45) is 1.64. The number of nitrogens with zero attached hydrogens (tertiary/aromatic N) is 1. The van der Waals surface area contributed by atoms with Crippen molar-refractivity contribution in [2.45, 2.75) is 13.1 Å². The molecule has 7 nitrogen and oxygen atoms in total. The minimum absolute atomic E-state index is 0.236. The Hall–Kier alpha value is -2.96. The number of amides is 2. The molecule has 120 valence electrons. The molecule has 0 fully saturated rings. The highest BCUT2D eigenvalue weighted by molar-refractivity contribution is 5.73. The molecule has 2 aromatic rings. The van der Waals surface area contributed by atoms with Gasteiger partial charge in [0.15, 0.2) is 11.5 Å². The molecular formula is C16H17N3O4. The van der Waals surface area contributed by atoms with Gasteiger partial charge in [-0.1, -0.05) is 12.1 Å². The van der Waals surface area contributed by atoms with Gasteiger partial charge in [0.25, 0.3) is 0 Å². The van der Waals surface area contributed by atoms with Crippen molar-refractivity contribution in [3.63, 3.8) is 0 Å². The first-order valence-corrected chi connectivity index (χ1v) is 7.14. The van der Waals surface area contributed by atoms with E-state index >= 15 is 0 Å². The zero-order valence-corrected chi connectivity index (χ0v) is 12.7. The molecule has 7 heteroatoms. The number of ether oxygens (including phenoxy) is 3. The van der Waals surface area contributed by atoms with Gasteiger partial charge in [-0.3, -0.25) is 0 Å². The summed E-state index contributed by atoms with van der Waals surface area (Å²) in [7, 11) is 1.55. The van der Waals surface area contributed by atoms with Crippen LogP contribution in [0.3, 0.4) is 0 Å². The van der Waals surface area contributed by atoms with Gasteiger partial charge in [-0.15, -0.1) is 0 Å². The number of methoxy groups -OCH3 is 1. The molecule has 0 bridgehead atoms. The quantitative estimate of drug-likeness (QED) is 0.879. The first-order chi connectivity index (χ1) is 11.3. The maximum atomic E-state index is 11.9. The summed E-state index contributed by atoms with van der Waals surface area (Å²) >= 11 is 0. The van der Waals surface area contributed by atoms with Crippen LogP contribution in [0.2, 0.25) is 0 Å². The summed E-state index contributed by atoms with van der Waals surface area (Å²) in [6, 6.07) is 8.95. The summed E-state index contributed by atoms with van der Waals surface area (Å²) < 4.78 is 15.7. The molecule has 0 spiro atoms. The maximum absolute atomic E-state index is 11.9. The second kappa shape index (κ2) is 6.87. The Morgan fingerprint density at radius 1 is 1.22 bits per heavy atom. The number of carbonyl (C=O) groups excluding carboxylic acids is 1. The van der Waals surface area contributed by atoms with E-state index in [1.807, 2.05) is 24.3 Å². The van der Waals surface area contributed by atoms with Gasteiger partial charge in [0.05, 0.1) is 7.11 Å². The number of hydrogen-bond acceptors (Lipinski definition) is 5. The summed E-state index contributed by atoms with van der Waals surface area (Å²) in [4.78, 5) is 16.0. The second-order valence-corrected chi connectivity index (χ2v) is 4.90. The van der Waals surface area contributed by atoms with Crippen LogP contribution >= 0.6 is 0 Å². The summed E-state index contributed by atoms with van der Waals surface area (Å²) in [5, 5.41) is 5.56. The molecule has 2 N–H and O–H groups in total. The van der Waals surface area contributed by atoms with E-state index in [4.69, 9.17) is 14.2 Å². The molecular weight excluding hydrogens is 298 g/mol. The molecule has 1 aromatic heterocycles. The van der Waals surface area contributed by atoms with Crippen molar-refractivity contribution in [3.05, 3.63) is 47.7 Å². The minimum atomic E-state index is -0.270. The summed E-state index contributed by atoms with van der Waals surface area (Å²) in [5.41, 5.74) is 1.75. The second-order valence-electron chi connectivity index (χ2n) is 4.90. The lowest BCUT2D eigenvalue weighted by molar-refractivity contribution is 0.174. The number of aromatic nitrogens is 1. The molecule has 0 unspecified atom stereocenters.